The number of methoxy groups -OCH3 is 1. The van der Waals surface area contributed by atoms with E-state index < -0.39 is 0 Å². The van der Waals surface area contributed by atoms with Gasteiger partial charge in [-0.2, -0.15) is 0 Å². The highest BCUT2D eigenvalue weighted by molar-refractivity contribution is 5.97. The summed E-state index contributed by atoms with van der Waals surface area (Å²) in [6.07, 6.45) is 15.9. The molecule has 1 saturated carbocycles. The van der Waals surface area contributed by atoms with Crippen LogP contribution in [0.5, 0.6) is 11.5 Å². The van der Waals surface area contributed by atoms with E-state index in [1.807, 2.05) is 12.1 Å². The number of cyclic esters (lactones) is 1. The average Bonchev–Trinajstić information content (AvgIpc) is 3.54. The molecule has 1 aromatic rings. The molecule has 188 valence electrons. The van der Waals surface area contributed by atoms with Gasteiger partial charge in [0.25, 0.3) is 0 Å². The summed E-state index contributed by atoms with van der Waals surface area (Å²) in [5, 5.41) is 0. The summed E-state index contributed by atoms with van der Waals surface area (Å²) in [5.74, 6) is 0.764. The highest BCUT2D eigenvalue weighted by atomic mass is 16.7. The van der Waals surface area contributed by atoms with Crippen molar-refractivity contribution in [2.24, 2.45) is 0 Å². The highest BCUT2D eigenvalue weighted by Crippen LogP contribution is 2.43. The van der Waals surface area contributed by atoms with Gasteiger partial charge in [-0.05, 0) is 77.2 Å². The predicted octanol–water partition coefficient (Wildman–Crippen LogP) is 6.64. The molecule has 1 aromatic carbocycles. The molecule has 0 N–H and O–H groups in total. The van der Waals surface area contributed by atoms with E-state index in [9.17, 15) is 4.79 Å². The smallest absolute Gasteiger partial charge is 0.342 e. The van der Waals surface area contributed by atoms with Crippen molar-refractivity contribution in [3.63, 3.8) is 0 Å². The minimum Gasteiger partial charge on any atom is -0.496 e. The van der Waals surface area contributed by atoms with Gasteiger partial charge < -0.3 is 23.7 Å². The van der Waals surface area contributed by atoms with Gasteiger partial charge in [0.05, 0.1) is 25.4 Å². The zero-order chi connectivity index (χ0) is 23.5. The molecule has 1 aliphatic carbocycles. The lowest BCUT2D eigenvalue weighted by molar-refractivity contribution is -0.269. The number of hydrogen-bond acceptors (Lipinski definition) is 6. The lowest BCUT2D eigenvalue weighted by atomic mass is 9.95. The van der Waals surface area contributed by atoms with E-state index in [0.717, 1.165) is 81.9 Å². The number of carbonyl (C=O) groups is 1. The molecule has 0 amide bonds. The van der Waals surface area contributed by atoms with Gasteiger partial charge in [-0.25, -0.2) is 4.79 Å². The predicted molar refractivity (Wildman–Crippen MR) is 128 cm³/mol. The van der Waals surface area contributed by atoms with Crippen molar-refractivity contribution in [3.05, 3.63) is 23.3 Å². The molecule has 3 aliphatic heterocycles. The number of benzene rings is 1. The van der Waals surface area contributed by atoms with Crippen LogP contribution in [0.2, 0.25) is 0 Å². The molecule has 0 aromatic heterocycles. The molecule has 4 atom stereocenters. The summed E-state index contributed by atoms with van der Waals surface area (Å²) < 4.78 is 30.1. The van der Waals surface area contributed by atoms with Gasteiger partial charge in [0.15, 0.2) is 5.79 Å². The van der Waals surface area contributed by atoms with Crippen LogP contribution in [0.1, 0.15) is 119 Å². The van der Waals surface area contributed by atoms with Gasteiger partial charge in [-0.1, -0.05) is 12.8 Å². The van der Waals surface area contributed by atoms with E-state index in [4.69, 9.17) is 23.7 Å². The summed E-state index contributed by atoms with van der Waals surface area (Å²) in [6, 6.07) is 3.84. The Morgan fingerprint density at radius 1 is 0.971 bits per heavy atom. The van der Waals surface area contributed by atoms with E-state index >= 15 is 0 Å². The summed E-state index contributed by atoms with van der Waals surface area (Å²) in [6.45, 7) is 2.15. The van der Waals surface area contributed by atoms with Crippen molar-refractivity contribution >= 4 is 5.97 Å². The Labute approximate surface area is 203 Å². The maximum Gasteiger partial charge on any atom is 0.342 e. The maximum absolute atomic E-state index is 12.6. The summed E-state index contributed by atoms with van der Waals surface area (Å²) >= 11 is 0. The minimum absolute atomic E-state index is 0.217. The standard InChI is InChI=1S/C28H40O6/c1-19-14-16-28(33-19)15-8-12-21(34-28)11-4-3-5-13-24-23-17-22(31-20-9-6-7-10-20)18-25(30-2)26(23)27(29)32-24/h17-21,24H,3-16H2,1-2H3. The van der Waals surface area contributed by atoms with Crippen molar-refractivity contribution in [2.75, 3.05) is 7.11 Å². The van der Waals surface area contributed by atoms with Gasteiger partial charge in [0.1, 0.15) is 23.2 Å². The van der Waals surface area contributed by atoms with Crippen LogP contribution in [0.15, 0.2) is 12.1 Å². The first kappa shape index (κ1) is 23.9. The third-order valence-electron chi connectivity index (χ3n) is 8.04. The Morgan fingerprint density at radius 2 is 1.79 bits per heavy atom. The number of ether oxygens (including phenoxy) is 5. The number of carbonyl (C=O) groups excluding carboxylic acids is 1. The van der Waals surface area contributed by atoms with Crippen molar-refractivity contribution in [1.29, 1.82) is 0 Å². The molecule has 34 heavy (non-hydrogen) atoms. The van der Waals surface area contributed by atoms with Gasteiger partial charge >= 0.3 is 5.97 Å². The van der Waals surface area contributed by atoms with Crippen molar-refractivity contribution < 1.29 is 28.5 Å². The summed E-state index contributed by atoms with van der Waals surface area (Å²) in [5.41, 5.74) is 1.49. The SMILES string of the molecule is COc1cc(OC2CCCC2)cc2c1C(=O)OC2CCCCCC1CCCC2(CCC(C)O2)O1. The Hall–Kier alpha value is -1.79. The Morgan fingerprint density at radius 3 is 2.56 bits per heavy atom. The van der Waals surface area contributed by atoms with Crippen LogP contribution in [-0.4, -0.2) is 37.2 Å². The first-order valence-corrected chi connectivity index (χ1v) is 13.5. The van der Waals surface area contributed by atoms with Crippen LogP contribution in [0.4, 0.5) is 0 Å². The molecule has 4 aliphatic rings. The molecule has 5 rings (SSSR count). The fourth-order valence-corrected chi connectivity index (χ4v) is 6.26. The number of rotatable bonds is 9. The number of hydrogen-bond donors (Lipinski definition) is 0. The molecule has 2 saturated heterocycles. The topological polar surface area (TPSA) is 63.2 Å². The van der Waals surface area contributed by atoms with Crippen molar-refractivity contribution in [1.82, 2.24) is 0 Å². The van der Waals surface area contributed by atoms with E-state index in [0.29, 0.717) is 23.5 Å². The van der Waals surface area contributed by atoms with Gasteiger partial charge in [-0.3, -0.25) is 0 Å². The second-order valence-electron chi connectivity index (χ2n) is 10.7. The highest BCUT2D eigenvalue weighted by Gasteiger charge is 2.43. The summed E-state index contributed by atoms with van der Waals surface area (Å²) in [7, 11) is 1.60. The van der Waals surface area contributed by atoms with Crippen molar-refractivity contribution in [3.8, 4) is 11.5 Å². The normalized spacial score (nSPS) is 31.1. The van der Waals surface area contributed by atoms with E-state index in [1.54, 1.807) is 7.11 Å². The third kappa shape index (κ3) is 5.23. The van der Waals surface area contributed by atoms with Gasteiger partial charge in [0, 0.05) is 24.5 Å². The fourth-order valence-electron chi connectivity index (χ4n) is 6.26. The van der Waals surface area contributed by atoms with E-state index in [2.05, 4.69) is 6.92 Å². The molecule has 0 radical (unpaired) electrons. The monoisotopic (exact) mass is 472 g/mol. The number of fused-ring (bicyclic) bond motifs is 1. The number of esters is 1. The van der Waals surface area contributed by atoms with Crippen LogP contribution in [0, 0.1) is 0 Å². The van der Waals surface area contributed by atoms with Crippen LogP contribution >= 0.6 is 0 Å². The second-order valence-corrected chi connectivity index (χ2v) is 10.7. The average molecular weight is 473 g/mol. The van der Waals surface area contributed by atoms with Crippen LogP contribution in [-0.2, 0) is 14.2 Å². The molecule has 3 heterocycles. The first-order valence-electron chi connectivity index (χ1n) is 13.5. The molecule has 0 bridgehead atoms. The van der Waals surface area contributed by atoms with Gasteiger partial charge in [-0.15, -0.1) is 0 Å². The molecular weight excluding hydrogens is 432 g/mol. The Bertz CT molecular complexity index is 859. The zero-order valence-electron chi connectivity index (χ0n) is 20.8. The minimum atomic E-state index is -0.304. The molecule has 4 unspecified atom stereocenters. The second kappa shape index (κ2) is 10.4. The van der Waals surface area contributed by atoms with Gasteiger partial charge in [0.2, 0.25) is 0 Å². The largest absolute Gasteiger partial charge is 0.496 e. The molecule has 1 spiro atoms. The fraction of sp³-hybridized carbons (Fsp3) is 0.750. The maximum atomic E-state index is 12.6. The first-order chi connectivity index (χ1) is 16.5. The van der Waals surface area contributed by atoms with Crippen molar-refractivity contribution in [2.45, 2.75) is 127 Å². The van der Waals surface area contributed by atoms with Crippen LogP contribution in [0.25, 0.3) is 0 Å². The Balaban J connectivity index is 1.12. The number of unbranched alkanes of at least 4 members (excludes halogenated alkanes) is 2. The third-order valence-corrected chi connectivity index (χ3v) is 8.04. The van der Waals surface area contributed by atoms with E-state index in [-0.39, 0.29) is 24.0 Å². The zero-order valence-corrected chi connectivity index (χ0v) is 20.8. The molecule has 3 fully saturated rings. The van der Waals surface area contributed by atoms with E-state index in [1.165, 1.54) is 19.3 Å². The quantitative estimate of drug-likeness (QED) is 0.296. The molecule has 6 nitrogen and oxygen atoms in total. The summed E-state index contributed by atoms with van der Waals surface area (Å²) in [4.78, 5) is 12.6. The van der Waals surface area contributed by atoms with Crippen LogP contribution < -0.4 is 9.47 Å². The Kier molecular flexibility index (Phi) is 7.35. The lowest BCUT2D eigenvalue weighted by Gasteiger charge is -2.38. The lowest BCUT2D eigenvalue weighted by Crippen LogP contribution is -2.40. The molecule has 6 heteroatoms. The van der Waals surface area contributed by atoms with Crippen LogP contribution in [0.3, 0.4) is 0 Å². The molecular formula is C28H40O6.